The third kappa shape index (κ3) is 2.92. The molecule has 0 amide bonds. The van der Waals surface area contributed by atoms with Crippen molar-refractivity contribution < 1.29 is 9.90 Å². The van der Waals surface area contributed by atoms with E-state index < -0.39 is 0 Å². The summed E-state index contributed by atoms with van der Waals surface area (Å²) in [5.41, 5.74) is 1.78. The molecule has 3 rings (SSSR count). The average Bonchev–Trinajstić information content (AvgIpc) is 2.98. The average molecular weight is 301 g/mol. The Morgan fingerprint density at radius 2 is 2.00 bits per heavy atom. The highest BCUT2D eigenvalue weighted by Crippen LogP contribution is 2.21. The third-order valence-electron chi connectivity index (χ3n) is 4.60. The lowest BCUT2D eigenvalue weighted by atomic mass is 10.0. The number of fused-ring (bicyclic) bond motifs is 1. The largest absolute Gasteiger partial charge is 0.395 e. The molecule has 0 aliphatic carbocycles. The lowest BCUT2D eigenvalue weighted by molar-refractivity contribution is 0.0665. The maximum absolute atomic E-state index is 12.8. The van der Waals surface area contributed by atoms with Gasteiger partial charge < -0.3 is 10.1 Å². The van der Waals surface area contributed by atoms with Crippen LogP contribution in [0.15, 0.2) is 30.5 Å². The van der Waals surface area contributed by atoms with Crippen LogP contribution < -0.4 is 0 Å². The van der Waals surface area contributed by atoms with Crippen LogP contribution in [-0.2, 0) is 0 Å². The molecule has 1 aromatic carbocycles. The fourth-order valence-electron chi connectivity index (χ4n) is 3.18. The molecule has 0 saturated carbocycles. The van der Waals surface area contributed by atoms with Gasteiger partial charge in [-0.1, -0.05) is 18.2 Å². The van der Waals surface area contributed by atoms with Gasteiger partial charge in [-0.3, -0.25) is 14.6 Å². The number of aromatic amines is 1. The molecule has 1 aliphatic rings. The molecule has 1 aromatic heterocycles. The number of aliphatic hydroxyl groups is 1. The number of carbonyl (C=O) groups excluding carboxylic acids is 1. The summed E-state index contributed by atoms with van der Waals surface area (Å²) in [4.78, 5) is 20.5. The van der Waals surface area contributed by atoms with E-state index in [9.17, 15) is 4.79 Å². The van der Waals surface area contributed by atoms with Gasteiger partial charge in [0.1, 0.15) is 0 Å². The summed E-state index contributed by atoms with van der Waals surface area (Å²) < 4.78 is 0. The number of carbonyl (C=O) groups is 1. The van der Waals surface area contributed by atoms with Gasteiger partial charge in [0.2, 0.25) is 0 Å². The summed E-state index contributed by atoms with van der Waals surface area (Å²) in [6, 6.07) is 7.80. The highest BCUT2D eigenvalue weighted by Gasteiger charge is 2.27. The van der Waals surface area contributed by atoms with Gasteiger partial charge in [-0.25, -0.2) is 0 Å². The first-order valence-corrected chi connectivity index (χ1v) is 7.88. The molecule has 0 bridgehead atoms. The van der Waals surface area contributed by atoms with E-state index in [4.69, 9.17) is 5.11 Å². The molecule has 0 spiro atoms. The number of nitrogens with one attached hydrogen (secondary N) is 1. The van der Waals surface area contributed by atoms with Crippen molar-refractivity contribution in [2.24, 2.45) is 0 Å². The molecule has 118 valence electrons. The third-order valence-corrected chi connectivity index (χ3v) is 4.60. The van der Waals surface area contributed by atoms with Crippen LogP contribution in [0.1, 0.15) is 17.3 Å². The number of ketones is 1. The zero-order chi connectivity index (χ0) is 15.5. The number of H-pyrrole nitrogens is 1. The lowest BCUT2D eigenvalue weighted by Crippen LogP contribution is -2.52. The van der Waals surface area contributed by atoms with Crippen molar-refractivity contribution in [3.8, 4) is 0 Å². The number of hydrogen-bond donors (Lipinski definition) is 2. The first kappa shape index (κ1) is 15.2. The predicted molar refractivity (Wildman–Crippen MR) is 87.2 cm³/mol. The first-order valence-electron chi connectivity index (χ1n) is 7.88. The topological polar surface area (TPSA) is 59.6 Å². The summed E-state index contributed by atoms with van der Waals surface area (Å²) >= 11 is 0. The molecular weight excluding hydrogens is 278 g/mol. The van der Waals surface area contributed by atoms with E-state index in [0.717, 1.165) is 49.2 Å². The van der Waals surface area contributed by atoms with Gasteiger partial charge in [-0.05, 0) is 13.0 Å². The van der Waals surface area contributed by atoms with Crippen molar-refractivity contribution in [2.75, 3.05) is 39.3 Å². The Hall–Kier alpha value is -1.69. The molecule has 1 saturated heterocycles. The summed E-state index contributed by atoms with van der Waals surface area (Å²) in [5, 5.41) is 9.99. The van der Waals surface area contributed by atoms with Crippen molar-refractivity contribution in [3.63, 3.8) is 0 Å². The van der Waals surface area contributed by atoms with Crippen molar-refractivity contribution >= 4 is 16.7 Å². The maximum Gasteiger partial charge on any atom is 0.181 e. The molecule has 1 fully saturated rings. The van der Waals surface area contributed by atoms with Gasteiger partial charge >= 0.3 is 0 Å². The predicted octanol–water partition coefficient (Wildman–Crippen LogP) is 1.35. The highest BCUT2D eigenvalue weighted by molar-refractivity contribution is 6.10. The van der Waals surface area contributed by atoms with Gasteiger partial charge in [-0.15, -0.1) is 0 Å². The first-order chi connectivity index (χ1) is 10.7. The summed E-state index contributed by atoms with van der Waals surface area (Å²) in [5.74, 6) is 0.174. The highest BCUT2D eigenvalue weighted by atomic mass is 16.3. The van der Waals surface area contributed by atoms with Gasteiger partial charge in [0.05, 0.1) is 12.6 Å². The fraction of sp³-hybridized carbons (Fsp3) is 0.471. The minimum Gasteiger partial charge on any atom is -0.395 e. The smallest absolute Gasteiger partial charge is 0.181 e. The van der Waals surface area contributed by atoms with Crippen LogP contribution in [0.2, 0.25) is 0 Å². The SMILES string of the molecule is CC(C(=O)c1c[nH]c2ccccc12)N1CCN(CCO)CC1. The van der Waals surface area contributed by atoms with E-state index >= 15 is 0 Å². The molecule has 2 heterocycles. The molecule has 1 unspecified atom stereocenters. The van der Waals surface area contributed by atoms with Crippen molar-refractivity contribution in [1.29, 1.82) is 0 Å². The standard InChI is InChI=1S/C17H23N3O2/c1-13(20-8-6-19(7-9-20)10-11-21)17(22)15-12-18-16-5-3-2-4-14(15)16/h2-5,12-13,18,21H,6-11H2,1H3. The van der Waals surface area contributed by atoms with Crippen LogP contribution in [0.4, 0.5) is 0 Å². The summed E-state index contributed by atoms with van der Waals surface area (Å²) in [6.45, 7) is 6.47. The van der Waals surface area contributed by atoms with E-state index in [1.807, 2.05) is 37.4 Å². The number of piperazine rings is 1. The second-order valence-corrected chi connectivity index (χ2v) is 5.89. The molecule has 5 nitrogen and oxygen atoms in total. The molecule has 1 aliphatic heterocycles. The van der Waals surface area contributed by atoms with Gasteiger partial charge in [-0.2, -0.15) is 0 Å². The number of rotatable bonds is 5. The van der Waals surface area contributed by atoms with E-state index in [1.165, 1.54) is 0 Å². The maximum atomic E-state index is 12.8. The van der Waals surface area contributed by atoms with Crippen LogP contribution in [0.3, 0.4) is 0 Å². The van der Waals surface area contributed by atoms with Crippen molar-refractivity contribution in [2.45, 2.75) is 13.0 Å². The number of benzene rings is 1. The minimum absolute atomic E-state index is 0.115. The quantitative estimate of drug-likeness (QED) is 0.819. The van der Waals surface area contributed by atoms with E-state index in [1.54, 1.807) is 0 Å². The Balaban J connectivity index is 1.70. The number of hydrogen-bond acceptors (Lipinski definition) is 4. The minimum atomic E-state index is -0.115. The van der Waals surface area contributed by atoms with Crippen molar-refractivity contribution in [1.82, 2.24) is 14.8 Å². The number of aromatic nitrogens is 1. The van der Waals surface area contributed by atoms with Gasteiger partial charge in [0.15, 0.2) is 5.78 Å². The summed E-state index contributed by atoms with van der Waals surface area (Å²) in [6.07, 6.45) is 1.82. The number of nitrogens with zero attached hydrogens (tertiary/aromatic N) is 2. The van der Waals surface area contributed by atoms with Crippen LogP contribution in [-0.4, -0.2) is 71.0 Å². The van der Waals surface area contributed by atoms with Gasteiger partial charge in [0.25, 0.3) is 0 Å². The van der Waals surface area contributed by atoms with E-state index in [0.29, 0.717) is 0 Å². The lowest BCUT2D eigenvalue weighted by Gasteiger charge is -2.37. The molecule has 5 heteroatoms. The molecule has 2 N–H and O–H groups in total. The molecular formula is C17H23N3O2. The van der Waals surface area contributed by atoms with E-state index in [-0.39, 0.29) is 18.4 Å². The number of β-amino-alcohol motifs (C(OH)–C–C–N with tert-alkyl or cyclic N) is 1. The molecule has 22 heavy (non-hydrogen) atoms. The van der Waals surface area contributed by atoms with Gasteiger partial charge in [0, 0.05) is 55.4 Å². The monoisotopic (exact) mass is 301 g/mol. The Kier molecular flexibility index (Phi) is 4.57. The Morgan fingerprint density at radius 1 is 1.27 bits per heavy atom. The second-order valence-electron chi connectivity index (χ2n) is 5.89. The van der Waals surface area contributed by atoms with Crippen LogP contribution in [0.25, 0.3) is 10.9 Å². The summed E-state index contributed by atoms with van der Waals surface area (Å²) in [7, 11) is 0. The number of Topliss-reactive ketones (excluding diaryl/α,β-unsaturated/α-hetero) is 1. The zero-order valence-corrected chi connectivity index (χ0v) is 13.0. The number of aliphatic hydroxyl groups excluding tert-OH is 1. The Labute approximate surface area is 130 Å². The second kappa shape index (κ2) is 6.60. The fourth-order valence-corrected chi connectivity index (χ4v) is 3.18. The van der Waals surface area contributed by atoms with Crippen LogP contribution in [0.5, 0.6) is 0 Å². The molecule has 0 radical (unpaired) electrons. The van der Waals surface area contributed by atoms with E-state index in [2.05, 4.69) is 14.8 Å². The molecule has 1 atom stereocenters. The van der Waals surface area contributed by atoms with Crippen LogP contribution in [0, 0.1) is 0 Å². The Morgan fingerprint density at radius 3 is 2.73 bits per heavy atom. The van der Waals surface area contributed by atoms with Crippen molar-refractivity contribution in [3.05, 3.63) is 36.0 Å². The normalized spacial score (nSPS) is 18.6. The Bertz CT molecular complexity index is 644. The number of para-hydroxylation sites is 1. The zero-order valence-electron chi connectivity index (χ0n) is 13.0. The molecule has 2 aromatic rings. The van der Waals surface area contributed by atoms with Crippen LogP contribution >= 0.6 is 0 Å².